The summed E-state index contributed by atoms with van der Waals surface area (Å²) in [5.74, 6) is 1.36. The van der Waals surface area contributed by atoms with Crippen LogP contribution in [0.3, 0.4) is 0 Å². The van der Waals surface area contributed by atoms with E-state index in [0.29, 0.717) is 12.4 Å². The Kier molecular flexibility index (Phi) is 4.60. The number of aliphatic hydroxyl groups is 1. The molecule has 4 aromatic rings. The summed E-state index contributed by atoms with van der Waals surface area (Å²) in [6.07, 6.45) is 3.01. The molecule has 6 heteroatoms. The fourth-order valence-electron chi connectivity index (χ4n) is 2.77. The predicted molar refractivity (Wildman–Crippen MR) is 106 cm³/mol. The number of hydrogen-bond acceptors (Lipinski definition) is 6. The smallest absolute Gasteiger partial charge is 0.164 e. The lowest BCUT2D eigenvalue weighted by atomic mass is 10.1. The van der Waals surface area contributed by atoms with Crippen molar-refractivity contribution in [2.45, 2.75) is 13.0 Å². The molecule has 0 aliphatic rings. The van der Waals surface area contributed by atoms with Crippen LogP contribution in [0.2, 0.25) is 0 Å². The van der Waals surface area contributed by atoms with Crippen molar-refractivity contribution in [3.05, 3.63) is 60.2 Å². The van der Waals surface area contributed by atoms with Gasteiger partial charge in [0.15, 0.2) is 5.82 Å². The average molecular weight is 362 g/mol. The molecular weight excluding hydrogens is 344 g/mol. The molecule has 130 valence electrons. The average Bonchev–Trinajstić information content (AvgIpc) is 3.11. The van der Waals surface area contributed by atoms with Crippen LogP contribution in [0.15, 0.2) is 60.2 Å². The van der Waals surface area contributed by atoms with E-state index in [4.69, 9.17) is 9.97 Å². The Morgan fingerprint density at radius 1 is 1.08 bits per heavy atom. The molecule has 2 N–H and O–H groups in total. The lowest BCUT2D eigenvalue weighted by Crippen LogP contribution is -2.16. The van der Waals surface area contributed by atoms with E-state index in [9.17, 15) is 5.11 Å². The number of fused-ring (bicyclic) bond motifs is 1. The number of hydrogen-bond donors (Lipinski definition) is 2. The Hall–Kier alpha value is -2.83. The lowest BCUT2D eigenvalue weighted by molar-refractivity contribution is 0.208. The molecule has 0 saturated carbocycles. The minimum atomic E-state index is -0.472. The highest BCUT2D eigenvalue weighted by Gasteiger charge is 2.16. The van der Waals surface area contributed by atoms with Gasteiger partial charge in [0.1, 0.15) is 10.6 Å². The first-order chi connectivity index (χ1) is 12.7. The summed E-state index contributed by atoms with van der Waals surface area (Å²) in [5, 5.41) is 16.1. The van der Waals surface area contributed by atoms with Crippen molar-refractivity contribution in [2.75, 3.05) is 11.9 Å². The topological polar surface area (TPSA) is 70.9 Å². The molecule has 0 bridgehead atoms. The van der Waals surface area contributed by atoms with E-state index in [1.807, 2.05) is 30.3 Å². The third kappa shape index (κ3) is 3.29. The van der Waals surface area contributed by atoms with Crippen LogP contribution in [-0.4, -0.2) is 32.7 Å². The van der Waals surface area contributed by atoms with Gasteiger partial charge in [-0.05, 0) is 24.6 Å². The maximum atomic E-state index is 9.70. The maximum absolute atomic E-state index is 9.70. The summed E-state index contributed by atoms with van der Waals surface area (Å²) in [4.78, 5) is 14.5. The van der Waals surface area contributed by atoms with Crippen molar-refractivity contribution in [3.63, 3.8) is 0 Å². The Labute approximate surface area is 155 Å². The summed E-state index contributed by atoms with van der Waals surface area (Å²) in [6.45, 7) is 2.17. The van der Waals surface area contributed by atoms with Crippen LogP contribution in [0.4, 0.5) is 5.82 Å². The van der Waals surface area contributed by atoms with Gasteiger partial charge in [0.25, 0.3) is 0 Å². The second-order valence-corrected chi connectivity index (χ2v) is 6.92. The highest BCUT2D eigenvalue weighted by atomic mass is 32.1. The second kappa shape index (κ2) is 7.19. The molecule has 0 spiro atoms. The molecule has 1 aromatic carbocycles. The molecule has 1 atom stereocenters. The van der Waals surface area contributed by atoms with Crippen LogP contribution in [0.1, 0.15) is 6.92 Å². The second-order valence-electron chi connectivity index (χ2n) is 6.06. The summed E-state index contributed by atoms with van der Waals surface area (Å²) >= 11 is 1.59. The van der Waals surface area contributed by atoms with E-state index >= 15 is 0 Å². The number of pyridine rings is 1. The van der Waals surface area contributed by atoms with Crippen LogP contribution >= 0.6 is 11.3 Å². The van der Waals surface area contributed by atoms with Gasteiger partial charge in [0, 0.05) is 35.4 Å². The zero-order valence-corrected chi connectivity index (χ0v) is 15.1. The third-order valence-corrected chi connectivity index (χ3v) is 4.88. The molecule has 3 aromatic heterocycles. The van der Waals surface area contributed by atoms with Crippen molar-refractivity contribution in [1.82, 2.24) is 15.0 Å². The van der Waals surface area contributed by atoms with Crippen LogP contribution in [0, 0.1) is 0 Å². The quantitative estimate of drug-likeness (QED) is 0.556. The van der Waals surface area contributed by atoms with Gasteiger partial charge in [-0.15, -0.1) is 11.3 Å². The van der Waals surface area contributed by atoms with Crippen molar-refractivity contribution in [3.8, 4) is 22.5 Å². The first-order valence-corrected chi connectivity index (χ1v) is 9.27. The van der Waals surface area contributed by atoms with Gasteiger partial charge in [0.2, 0.25) is 0 Å². The predicted octanol–water partition coefficient (Wildman–Crippen LogP) is 4.21. The molecule has 3 heterocycles. The van der Waals surface area contributed by atoms with Gasteiger partial charge in [-0.25, -0.2) is 9.97 Å². The van der Waals surface area contributed by atoms with E-state index in [2.05, 4.69) is 27.8 Å². The summed E-state index contributed by atoms with van der Waals surface area (Å²) < 4.78 is 0. The Bertz CT molecular complexity index is 1020. The molecule has 0 unspecified atom stereocenters. The van der Waals surface area contributed by atoms with Crippen molar-refractivity contribution < 1.29 is 5.11 Å². The number of anilines is 1. The number of aliphatic hydroxyl groups excluding tert-OH is 1. The van der Waals surface area contributed by atoms with E-state index in [1.165, 1.54) is 0 Å². The molecule has 0 amide bonds. The van der Waals surface area contributed by atoms with Gasteiger partial charge in [-0.2, -0.15) is 0 Å². The molecule has 26 heavy (non-hydrogen) atoms. The highest BCUT2D eigenvalue weighted by Crippen LogP contribution is 2.38. The Morgan fingerprint density at radius 2 is 1.88 bits per heavy atom. The number of thiophene rings is 1. The number of aromatic nitrogens is 3. The van der Waals surface area contributed by atoms with Crippen LogP contribution in [0.25, 0.3) is 32.7 Å². The molecule has 5 nitrogen and oxygen atoms in total. The fraction of sp³-hybridized carbons (Fsp3) is 0.150. The van der Waals surface area contributed by atoms with E-state index in [1.54, 1.807) is 30.7 Å². The third-order valence-electron chi connectivity index (χ3n) is 4.00. The molecule has 4 rings (SSSR count). The number of rotatable bonds is 5. The van der Waals surface area contributed by atoms with Gasteiger partial charge in [-0.3, -0.25) is 4.98 Å². The largest absolute Gasteiger partial charge is 0.392 e. The van der Waals surface area contributed by atoms with Crippen LogP contribution in [-0.2, 0) is 0 Å². The summed E-state index contributed by atoms with van der Waals surface area (Å²) in [6, 6.07) is 14.0. The van der Waals surface area contributed by atoms with Gasteiger partial charge < -0.3 is 10.4 Å². The van der Waals surface area contributed by atoms with Crippen molar-refractivity contribution in [1.29, 1.82) is 0 Å². The zero-order valence-electron chi connectivity index (χ0n) is 14.3. The minimum Gasteiger partial charge on any atom is -0.392 e. The molecular formula is C20H18N4OS. The summed E-state index contributed by atoms with van der Waals surface area (Å²) in [7, 11) is 0. The van der Waals surface area contributed by atoms with E-state index in [0.717, 1.165) is 32.7 Å². The molecule has 0 fully saturated rings. The molecule has 0 saturated heterocycles. The summed E-state index contributed by atoms with van der Waals surface area (Å²) in [5.41, 5.74) is 3.08. The highest BCUT2D eigenvalue weighted by molar-refractivity contribution is 7.17. The minimum absolute atomic E-state index is 0.419. The molecule has 0 radical (unpaired) electrons. The number of nitrogens with one attached hydrogen (secondary N) is 1. The monoisotopic (exact) mass is 362 g/mol. The van der Waals surface area contributed by atoms with Gasteiger partial charge in [0.05, 0.1) is 11.5 Å². The number of nitrogens with zero attached hydrogens (tertiary/aromatic N) is 3. The SMILES string of the molecule is C[C@H](O)CNc1nc(-c2cccnc2)nc2scc(-c3ccccc3)c12. The lowest BCUT2D eigenvalue weighted by Gasteiger charge is -2.12. The van der Waals surface area contributed by atoms with E-state index < -0.39 is 6.10 Å². The Morgan fingerprint density at radius 3 is 2.62 bits per heavy atom. The first-order valence-electron chi connectivity index (χ1n) is 8.39. The van der Waals surface area contributed by atoms with Gasteiger partial charge in [-0.1, -0.05) is 30.3 Å². The Balaban J connectivity index is 1.89. The fourth-order valence-corrected chi connectivity index (χ4v) is 3.72. The normalized spacial score (nSPS) is 12.2. The van der Waals surface area contributed by atoms with E-state index in [-0.39, 0.29) is 0 Å². The van der Waals surface area contributed by atoms with Crippen molar-refractivity contribution >= 4 is 27.4 Å². The molecule has 0 aliphatic heterocycles. The van der Waals surface area contributed by atoms with Crippen molar-refractivity contribution in [2.24, 2.45) is 0 Å². The van der Waals surface area contributed by atoms with Gasteiger partial charge >= 0.3 is 0 Å². The van der Waals surface area contributed by atoms with Crippen LogP contribution < -0.4 is 5.32 Å². The van der Waals surface area contributed by atoms with Crippen LogP contribution in [0.5, 0.6) is 0 Å². The first kappa shape index (κ1) is 16.6. The zero-order chi connectivity index (χ0) is 17.9. The molecule has 0 aliphatic carbocycles. The number of benzene rings is 1. The maximum Gasteiger partial charge on any atom is 0.164 e. The standard InChI is InChI=1S/C20H18N4OS/c1-13(25)10-22-19-17-16(14-6-3-2-4-7-14)12-26-20(17)24-18(23-19)15-8-5-9-21-11-15/h2-9,11-13,25H,10H2,1H3,(H,22,23,24)/t13-/m0/s1.